The summed E-state index contributed by atoms with van der Waals surface area (Å²) in [6, 6.07) is 25.4. The molecule has 0 saturated carbocycles. The minimum absolute atomic E-state index is 0.0461. The lowest BCUT2D eigenvalue weighted by Gasteiger charge is -2.41. The summed E-state index contributed by atoms with van der Waals surface area (Å²) in [5, 5.41) is 10.9. The molecule has 0 bridgehead atoms. The van der Waals surface area contributed by atoms with E-state index in [0.29, 0.717) is 15.1 Å². The van der Waals surface area contributed by atoms with E-state index in [0.717, 1.165) is 16.7 Å². The first-order chi connectivity index (χ1) is 18.0. The first kappa shape index (κ1) is 24.1. The number of nitrogens with zero attached hydrogens (tertiary/aromatic N) is 1. The number of aromatic amines is 1. The quantitative estimate of drug-likeness (QED) is 0.333. The molecule has 8 nitrogen and oxygen atoms in total. The Balaban J connectivity index is 1.38. The van der Waals surface area contributed by atoms with Crippen LogP contribution in [0.3, 0.4) is 0 Å². The van der Waals surface area contributed by atoms with Gasteiger partial charge in [0.15, 0.2) is 5.60 Å². The molecule has 1 fully saturated rings. The summed E-state index contributed by atoms with van der Waals surface area (Å²) >= 11 is 1.86. The zero-order valence-corrected chi connectivity index (χ0v) is 21.7. The van der Waals surface area contributed by atoms with Gasteiger partial charge in [0.05, 0.1) is 16.3 Å². The van der Waals surface area contributed by atoms with Gasteiger partial charge >= 0.3 is 5.69 Å². The van der Waals surface area contributed by atoms with E-state index in [4.69, 9.17) is 14.2 Å². The minimum Gasteiger partial charge on any atom is -0.457 e. The van der Waals surface area contributed by atoms with Crippen LogP contribution in [0.4, 0.5) is 0 Å². The first-order valence-electron chi connectivity index (χ1n) is 11.9. The molecule has 3 atom stereocenters. The van der Waals surface area contributed by atoms with Crippen molar-refractivity contribution in [3.05, 3.63) is 126 Å². The van der Waals surface area contributed by atoms with Gasteiger partial charge in [-0.3, -0.25) is 14.3 Å². The fourth-order valence-corrected chi connectivity index (χ4v) is 5.53. The van der Waals surface area contributed by atoms with Crippen LogP contribution in [0.1, 0.15) is 29.3 Å². The highest BCUT2D eigenvalue weighted by atomic mass is 127. The molecule has 3 aromatic carbocycles. The van der Waals surface area contributed by atoms with Crippen molar-refractivity contribution in [2.45, 2.75) is 30.5 Å². The van der Waals surface area contributed by atoms with E-state index < -0.39 is 35.3 Å². The molecular formula is C28H23IN2O6. The first-order valence-corrected chi connectivity index (χ1v) is 13.0. The molecule has 9 heteroatoms. The third kappa shape index (κ3) is 4.11. The number of ether oxygens (including phenoxy) is 3. The highest BCUT2D eigenvalue weighted by Crippen LogP contribution is 2.52. The lowest BCUT2D eigenvalue weighted by Crippen LogP contribution is -2.39. The van der Waals surface area contributed by atoms with Crippen LogP contribution in [0.15, 0.2) is 94.6 Å². The Morgan fingerprint density at radius 3 is 2.27 bits per heavy atom. The average Bonchev–Trinajstić information content (AvgIpc) is 3.29. The molecule has 0 spiro atoms. The van der Waals surface area contributed by atoms with E-state index in [9.17, 15) is 14.7 Å². The number of hydrogen-bond acceptors (Lipinski definition) is 6. The molecule has 0 amide bonds. The number of H-pyrrole nitrogens is 1. The lowest BCUT2D eigenvalue weighted by atomic mass is 9.77. The fourth-order valence-electron chi connectivity index (χ4n) is 5.10. The summed E-state index contributed by atoms with van der Waals surface area (Å²) in [4.78, 5) is 26.5. The largest absolute Gasteiger partial charge is 0.457 e. The summed E-state index contributed by atoms with van der Waals surface area (Å²) in [6.45, 7) is 0.0461. The molecule has 2 aliphatic rings. The van der Waals surface area contributed by atoms with E-state index in [1.54, 1.807) is 0 Å². The predicted octanol–water partition coefficient (Wildman–Crippen LogP) is 3.90. The highest BCUT2D eigenvalue weighted by molar-refractivity contribution is 14.1. The van der Waals surface area contributed by atoms with Crippen LogP contribution in [0.5, 0.6) is 11.5 Å². The summed E-state index contributed by atoms with van der Waals surface area (Å²) in [5.41, 5.74) is 0.538. The van der Waals surface area contributed by atoms with Crippen molar-refractivity contribution in [3.8, 4) is 11.5 Å². The van der Waals surface area contributed by atoms with Crippen molar-refractivity contribution in [2.75, 3.05) is 6.61 Å². The number of fused-ring (bicyclic) bond motifs is 2. The molecule has 0 unspecified atom stereocenters. The van der Waals surface area contributed by atoms with Crippen LogP contribution >= 0.6 is 22.6 Å². The second-order valence-corrected chi connectivity index (χ2v) is 10.2. The van der Waals surface area contributed by atoms with E-state index in [1.165, 1.54) is 10.8 Å². The van der Waals surface area contributed by atoms with Crippen molar-refractivity contribution in [1.82, 2.24) is 9.55 Å². The smallest absolute Gasteiger partial charge is 0.330 e. The third-order valence-corrected chi connectivity index (χ3v) is 7.60. The van der Waals surface area contributed by atoms with Crippen LogP contribution < -0.4 is 16.0 Å². The van der Waals surface area contributed by atoms with Gasteiger partial charge in [-0.2, -0.15) is 0 Å². The Hall–Kier alpha value is -3.25. The van der Waals surface area contributed by atoms with Gasteiger partial charge in [-0.1, -0.05) is 66.7 Å². The number of nitrogens with one attached hydrogen (secondary N) is 1. The Morgan fingerprint density at radius 1 is 0.973 bits per heavy atom. The van der Waals surface area contributed by atoms with Crippen LogP contribution in [0, 0.1) is 3.57 Å². The van der Waals surface area contributed by atoms with Gasteiger partial charge in [0.2, 0.25) is 0 Å². The molecule has 1 saturated heterocycles. The molecule has 2 aliphatic heterocycles. The van der Waals surface area contributed by atoms with E-state index in [1.807, 2.05) is 101 Å². The Morgan fingerprint density at radius 2 is 1.59 bits per heavy atom. The van der Waals surface area contributed by atoms with Gasteiger partial charge in [0.1, 0.15) is 23.8 Å². The summed E-state index contributed by atoms with van der Waals surface area (Å²) < 4.78 is 20.8. The molecule has 1 aromatic heterocycles. The molecule has 0 aliphatic carbocycles. The number of benzene rings is 3. The van der Waals surface area contributed by atoms with Gasteiger partial charge in [0, 0.05) is 23.7 Å². The third-order valence-electron chi connectivity index (χ3n) is 6.84. The number of para-hydroxylation sites is 2. The summed E-state index contributed by atoms with van der Waals surface area (Å²) in [5.74, 6) is 1.37. The highest BCUT2D eigenvalue weighted by Gasteiger charge is 2.46. The average molecular weight is 610 g/mol. The molecular weight excluding hydrogens is 587 g/mol. The van der Waals surface area contributed by atoms with Crippen molar-refractivity contribution in [2.24, 2.45) is 0 Å². The van der Waals surface area contributed by atoms with Crippen molar-refractivity contribution >= 4 is 22.6 Å². The topological polar surface area (TPSA) is 103 Å². The van der Waals surface area contributed by atoms with Crippen molar-refractivity contribution in [3.63, 3.8) is 0 Å². The maximum Gasteiger partial charge on any atom is 0.330 e. The molecule has 3 heterocycles. The number of aliphatic hydroxyl groups excluding tert-OH is 1. The maximum atomic E-state index is 12.4. The number of hydrogen-bond donors (Lipinski definition) is 2. The number of rotatable bonds is 5. The lowest BCUT2D eigenvalue weighted by molar-refractivity contribution is -0.0961. The number of aliphatic hydroxyl groups is 1. The van der Waals surface area contributed by atoms with E-state index >= 15 is 0 Å². The van der Waals surface area contributed by atoms with Gasteiger partial charge < -0.3 is 19.3 Å². The van der Waals surface area contributed by atoms with Gasteiger partial charge in [-0.25, -0.2) is 4.79 Å². The van der Waals surface area contributed by atoms with Crippen molar-refractivity contribution < 1.29 is 19.3 Å². The van der Waals surface area contributed by atoms with Crippen LogP contribution in [-0.4, -0.2) is 33.5 Å². The number of aromatic nitrogens is 2. The van der Waals surface area contributed by atoms with Crippen molar-refractivity contribution in [1.29, 1.82) is 0 Å². The Labute approximate surface area is 225 Å². The van der Waals surface area contributed by atoms with Crippen LogP contribution in [0.25, 0.3) is 0 Å². The predicted molar refractivity (Wildman–Crippen MR) is 144 cm³/mol. The van der Waals surface area contributed by atoms with Gasteiger partial charge in [-0.15, -0.1) is 0 Å². The summed E-state index contributed by atoms with van der Waals surface area (Å²) in [7, 11) is 0. The van der Waals surface area contributed by atoms with Gasteiger partial charge in [0.25, 0.3) is 5.56 Å². The molecule has 4 aromatic rings. The van der Waals surface area contributed by atoms with Crippen LogP contribution in [-0.2, 0) is 15.1 Å². The Kier molecular flexibility index (Phi) is 6.23. The maximum absolute atomic E-state index is 12.4. The molecule has 188 valence electrons. The monoisotopic (exact) mass is 610 g/mol. The second-order valence-electron chi connectivity index (χ2n) is 9.03. The van der Waals surface area contributed by atoms with Gasteiger partial charge in [-0.05, 0) is 40.3 Å². The molecule has 0 radical (unpaired) electrons. The molecule has 6 rings (SSSR count). The minimum atomic E-state index is -1.02. The standard InChI is InChI=1S/C28H23IN2O6/c29-20-15-31(27(34)30-26(20)33)25-14-21(32)24(37-25)16-35-28(17-8-2-1-3-9-17)18-10-4-6-12-22(18)36-23-13-7-5-11-19(23)28/h1-13,15,21,24-25,32H,14,16H2,(H,30,33,34)/t21-,24+,25+/m0/s1. The summed E-state index contributed by atoms with van der Waals surface area (Å²) in [6.07, 6.45) is -0.684. The molecule has 37 heavy (non-hydrogen) atoms. The Bertz CT molecular complexity index is 1520. The fraction of sp³-hybridized carbons (Fsp3) is 0.214. The van der Waals surface area contributed by atoms with E-state index in [-0.39, 0.29) is 13.0 Å². The van der Waals surface area contributed by atoms with E-state index in [2.05, 4.69) is 4.98 Å². The zero-order chi connectivity index (χ0) is 25.6. The number of halogens is 1. The SMILES string of the molecule is O=c1[nH]c(=O)n([C@H]2C[C@H](O)[C@@H](COC3(c4ccccc4)c4ccccc4Oc4ccccc43)O2)cc1I. The molecule has 2 N–H and O–H groups in total. The normalized spacial score (nSPS) is 21.6. The second kappa shape index (κ2) is 9.56. The van der Waals surface area contributed by atoms with Crippen LogP contribution in [0.2, 0.25) is 0 Å². The zero-order valence-electron chi connectivity index (χ0n) is 19.5.